The third-order valence-electron chi connectivity index (χ3n) is 9.82. The molecule has 0 aromatic carbocycles. The van der Waals surface area contributed by atoms with Gasteiger partial charge in [0.1, 0.15) is 6.10 Å². The molecule has 0 fully saturated rings. The molecule has 0 rings (SSSR count). The molecule has 0 aromatic heterocycles. The van der Waals surface area contributed by atoms with Crippen molar-refractivity contribution in [2.45, 2.75) is 259 Å². The first-order valence-corrected chi connectivity index (χ1v) is 22.6. The second-order valence-corrected chi connectivity index (χ2v) is 15.3. The topological polar surface area (TPSA) is 64.6 Å². The fraction of sp³-hybridized carbons (Fsp3) is 0.913. The van der Waals surface area contributed by atoms with Gasteiger partial charge in [0.2, 0.25) is 0 Å². The first-order valence-electron chi connectivity index (χ1n) is 22.6. The summed E-state index contributed by atoms with van der Waals surface area (Å²) in [6.07, 6.45) is 40.9. The number of allylic oxidation sites excluding steroid dienone is 1. The number of carbonyl (C=O) groups excluding carboxylic acids is 2. The summed E-state index contributed by atoms with van der Waals surface area (Å²) in [7, 11) is 0. The van der Waals surface area contributed by atoms with Gasteiger partial charge in [-0.2, -0.15) is 0 Å². The maximum absolute atomic E-state index is 12.6. The lowest BCUT2D eigenvalue weighted by Gasteiger charge is -2.18. The molecule has 1 atom stereocenters. The lowest BCUT2D eigenvalue weighted by molar-refractivity contribution is -0.150. The highest BCUT2D eigenvalue weighted by Gasteiger charge is 2.14. The van der Waals surface area contributed by atoms with Crippen molar-refractivity contribution in [2.75, 3.05) is 13.1 Å². The molecule has 0 saturated carbocycles. The smallest absolute Gasteiger partial charge is 0.306 e. The zero-order chi connectivity index (χ0) is 37.9. The van der Waals surface area contributed by atoms with Crippen LogP contribution in [0.4, 0.5) is 0 Å². The van der Waals surface area contributed by atoms with E-state index in [4.69, 9.17) is 9.47 Å². The number of esters is 2. The highest BCUT2D eigenvalue weighted by Crippen LogP contribution is 2.18. The van der Waals surface area contributed by atoms with Gasteiger partial charge in [-0.25, -0.2) is 0 Å². The molecule has 0 bridgehead atoms. The van der Waals surface area contributed by atoms with Gasteiger partial charge in [0.15, 0.2) is 0 Å². The number of ether oxygens (including phenoxy) is 2. The minimum atomic E-state index is -0.0127. The Hall–Kier alpha value is -1.36. The van der Waals surface area contributed by atoms with Crippen LogP contribution in [-0.2, 0) is 19.1 Å². The third kappa shape index (κ3) is 44.7. The molecule has 0 heterocycles. The van der Waals surface area contributed by atoms with Crippen molar-refractivity contribution in [1.82, 2.24) is 5.32 Å². The van der Waals surface area contributed by atoms with E-state index in [1.807, 2.05) is 13.8 Å². The summed E-state index contributed by atoms with van der Waals surface area (Å²) in [4.78, 5) is 24.7. The summed E-state index contributed by atoms with van der Waals surface area (Å²) < 4.78 is 11.6. The molecule has 304 valence electrons. The zero-order valence-corrected chi connectivity index (χ0v) is 35.3. The average Bonchev–Trinajstić information content (AvgIpc) is 3.11. The van der Waals surface area contributed by atoms with Crippen molar-refractivity contribution in [3.05, 3.63) is 12.7 Å². The van der Waals surface area contributed by atoms with Crippen molar-refractivity contribution < 1.29 is 19.1 Å². The minimum Gasteiger partial charge on any atom is -0.463 e. The molecular weight excluding hydrogens is 631 g/mol. The van der Waals surface area contributed by atoms with Crippen molar-refractivity contribution in [1.29, 1.82) is 0 Å². The maximum Gasteiger partial charge on any atom is 0.306 e. The van der Waals surface area contributed by atoms with Crippen LogP contribution in [0, 0.1) is 0 Å². The van der Waals surface area contributed by atoms with E-state index in [0.29, 0.717) is 12.8 Å². The van der Waals surface area contributed by atoms with Crippen LogP contribution < -0.4 is 5.32 Å². The highest BCUT2D eigenvalue weighted by atomic mass is 16.5. The standard InChI is InChI=1S/C43H85NO4.C3H6/c1-5-8-11-14-19-26-33-40(4)47-42(45)36-29-22-17-24-31-38-44-39-32-25-18-23-30-37-43(46)48-41(34-27-20-15-12-9-6-2)35-28-21-16-13-10-7-3;1-3-2/h40-41,44H,5-39H2,1-4H3;3H,1H2,2H3. The van der Waals surface area contributed by atoms with E-state index in [0.717, 1.165) is 58.0 Å². The summed E-state index contributed by atoms with van der Waals surface area (Å²) in [5.41, 5.74) is 0. The van der Waals surface area contributed by atoms with Crippen LogP contribution in [0.5, 0.6) is 0 Å². The molecule has 1 unspecified atom stereocenters. The summed E-state index contributed by atoms with van der Waals surface area (Å²) >= 11 is 0. The number of hydrogen-bond acceptors (Lipinski definition) is 5. The predicted octanol–water partition coefficient (Wildman–Crippen LogP) is 14.5. The molecule has 0 saturated heterocycles. The van der Waals surface area contributed by atoms with Gasteiger partial charge in [-0.3, -0.25) is 9.59 Å². The van der Waals surface area contributed by atoms with Crippen LogP contribution >= 0.6 is 0 Å². The quantitative estimate of drug-likeness (QED) is 0.0389. The van der Waals surface area contributed by atoms with Crippen molar-refractivity contribution in [3.63, 3.8) is 0 Å². The fourth-order valence-electron chi connectivity index (χ4n) is 6.59. The van der Waals surface area contributed by atoms with E-state index in [2.05, 4.69) is 32.7 Å². The molecule has 51 heavy (non-hydrogen) atoms. The van der Waals surface area contributed by atoms with E-state index >= 15 is 0 Å². The van der Waals surface area contributed by atoms with Crippen molar-refractivity contribution in [2.24, 2.45) is 0 Å². The number of nitrogens with one attached hydrogen (secondary N) is 1. The number of rotatable bonds is 39. The van der Waals surface area contributed by atoms with Gasteiger partial charge in [-0.15, -0.1) is 6.58 Å². The van der Waals surface area contributed by atoms with E-state index in [1.165, 1.54) is 154 Å². The molecule has 5 nitrogen and oxygen atoms in total. The number of hydrogen-bond donors (Lipinski definition) is 1. The largest absolute Gasteiger partial charge is 0.463 e. The Bertz CT molecular complexity index is 695. The third-order valence-corrected chi connectivity index (χ3v) is 9.82. The Morgan fingerprint density at radius 2 is 0.804 bits per heavy atom. The maximum atomic E-state index is 12.6. The Morgan fingerprint density at radius 3 is 1.22 bits per heavy atom. The predicted molar refractivity (Wildman–Crippen MR) is 224 cm³/mol. The highest BCUT2D eigenvalue weighted by molar-refractivity contribution is 5.69. The molecule has 0 aliphatic carbocycles. The van der Waals surface area contributed by atoms with Crippen LogP contribution in [0.15, 0.2) is 12.7 Å². The molecule has 0 aliphatic rings. The Labute approximate surface area is 320 Å². The molecule has 0 aromatic rings. The van der Waals surface area contributed by atoms with Gasteiger partial charge in [0.25, 0.3) is 0 Å². The summed E-state index contributed by atoms with van der Waals surface area (Å²) in [5.74, 6) is 0.0216. The molecule has 0 spiro atoms. The summed E-state index contributed by atoms with van der Waals surface area (Å²) in [6.45, 7) is 16.2. The second kappa shape index (κ2) is 44.8. The fourth-order valence-corrected chi connectivity index (χ4v) is 6.59. The SMILES string of the molecule is C=CC.CCCCCCCCC(C)OC(=O)CCCCCCCNCCCCCCCC(=O)OC(CCCCCCCC)CCCCCCCC. The van der Waals surface area contributed by atoms with Gasteiger partial charge in [-0.05, 0) is 91.1 Å². The summed E-state index contributed by atoms with van der Waals surface area (Å²) in [5, 5.41) is 3.59. The molecule has 0 aliphatic heterocycles. The van der Waals surface area contributed by atoms with Crippen LogP contribution in [-0.4, -0.2) is 37.2 Å². The van der Waals surface area contributed by atoms with E-state index in [9.17, 15) is 9.59 Å². The first-order chi connectivity index (χ1) is 24.9. The van der Waals surface area contributed by atoms with E-state index in [1.54, 1.807) is 6.08 Å². The van der Waals surface area contributed by atoms with Gasteiger partial charge < -0.3 is 14.8 Å². The monoisotopic (exact) mass is 722 g/mol. The first kappa shape index (κ1) is 51.7. The Balaban J connectivity index is 0. The molecule has 5 heteroatoms. The minimum absolute atomic E-state index is 0.0127. The summed E-state index contributed by atoms with van der Waals surface area (Å²) in [6, 6.07) is 0. The molecular formula is C46H91NO4. The normalized spacial score (nSPS) is 11.6. The van der Waals surface area contributed by atoms with Crippen LogP contribution in [0.1, 0.15) is 247 Å². The van der Waals surface area contributed by atoms with Crippen molar-refractivity contribution >= 4 is 11.9 Å². The second-order valence-electron chi connectivity index (χ2n) is 15.3. The average molecular weight is 722 g/mol. The molecule has 0 amide bonds. The van der Waals surface area contributed by atoms with Gasteiger partial charge in [0, 0.05) is 12.8 Å². The van der Waals surface area contributed by atoms with Crippen LogP contribution in [0.2, 0.25) is 0 Å². The Kier molecular flexibility index (Phi) is 45.5. The van der Waals surface area contributed by atoms with E-state index < -0.39 is 0 Å². The molecule has 0 radical (unpaired) electrons. The van der Waals surface area contributed by atoms with Gasteiger partial charge in [0.05, 0.1) is 6.10 Å². The van der Waals surface area contributed by atoms with Crippen LogP contribution in [0.3, 0.4) is 0 Å². The molecule has 1 N–H and O–H groups in total. The van der Waals surface area contributed by atoms with Crippen molar-refractivity contribution in [3.8, 4) is 0 Å². The van der Waals surface area contributed by atoms with Gasteiger partial charge >= 0.3 is 11.9 Å². The lowest BCUT2D eigenvalue weighted by atomic mass is 10.0. The number of carbonyl (C=O) groups is 2. The Morgan fingerprint density at radius 1 is 0.490 bits per heavy atom. The van der Waals surface area contributed by atoms with Crippen LogP contribution in [0.25, 0.3) is 0 Å². The van der Waals surface area contributed by atoms with E-state index in [-0.39, 0.29) is 24.1 Å². The van der Waals surface area contributed by atoms with Gasteiger partial charge in [-0.1, -0.05) is 162 Å². The lowest BCUT2D eigenvalue weighted by Crippen LogP contribution is -2.18. The zero-order valence-electron chi connectivity index (χ0n) is 35.3. The number of unbranched alkanes of at least 4 members (excludes halogenated alkanes) is 23.